The number of carbonyl (C=O) groups excluding carboxylic acids is 1. The highest BCUT2D eigenvalue weighted by molar-refractivity contribution is 5.99. The standard InChI is InChI=1S/C16H17FN8O.C5H10O3/c1-9-22-13(15(19)24-25(2)20)6-14(23-9)16(26)21-8-10-3-4-12(17)11(5-10)7-18;6-3-5-4-7-1-2-8-5/h3-6H,8,20H2,1-2H3,(H2,19,24)(H,21,26);5-6H,1-4H2/t;5-/m.1/s1. The van der Waals surface area contributed by atoms with Crippen molar-refractivity contribution in [1.82, 2.24) is 20.4 Å². The third-order valence-electron chi connectivity index (χ3n) is 4.29. The van der Waals surface area contributed by atoms with Crippen LogP contribution in [-0.4, -0.2) is 71.5 Å². The average molecular weight is 474 g/mol. The van der Waals surface area contributed by atoms with Crippen molar-refractivity contribution in [3.05, 3.63) is 58.4 Å². The van der Waals surface area contributed by atoms with Gasteiger partial charge >= 0.3 is 0 Å². The van der Waals surface area contributed by atoms with Gasteiger partial charge in [-0.3, -0.25) is 4.79 Å². The van der Waals surface area contributed by atoms with Crippen LogP contribution in [0.25, 0.3) is 0 Å². The van der Waals surface area contributed by atoms with Crippen LogP contribution >= 0.6 is 0 Å². The number of nitrogens with one attached hydrogen (secondary N) is 1. The predicted molar refractivity (Wildman–Crippen MR) is 119 cm³/mol. The number of rotatable bonds is 6. The summed E-state index contributed by atoms with van der Waals surface area (Å²) < 4.78 is 23.4. The molecule has 3 rings (SSSR count). The van der Waals surface area contributed by atoms with Gasteiger partial charge in [-0.05, 0) is 30.7 Å². The van der Waals surface area contributed by atoms with Crippen molar-refractivity contribution in [3.63, 3.8) is 0 Å². The number of carbonyl (C=O) groups is 1. The number of aromatic nitrogens is 2. The molecule has 2 aromatic rings. The Morgan fingerprint density at radius 1 is 1.38 bits per heavy atom. The molecule has 13 heteroatoms. The summed E-state index contributed by atoms with van der Waals surface area (Å²) in [6, 6.07) is 7.16. The zero-order valence-electron chi connectivity index (χ0n) is 18.9. The number of aliphatic hydroxyl groups is 1. The quantitative estimate of drug-likeness (QED) is 0.185. The van der Waals surface area contributed by atoms with Gasteiger partial charge in [-0.25, -0.2) is 25.3 Å². The first-order chi connectivity index (χ1) is 16.2. The van der Waals surface area contributed by atoms with Gasteiger partial charge in [0.05, 0.1) is 32.0 Å². The van der Waals surface area contributed by atoms with Gasteiger partial charge in [0.2, 0.25) is 0 Å². The first-order valence-electron chi connectivity index (χ1n) is 10.2. The summed E-state index contributed by atoms with van der Waals surface area (Å²) in [6.45, 7) is 3.60. The molecule has 182 valence electrons. The van der Waals surface area contributed by atoms with Crippen molar-refractivity contribution < 1.29 is 23.8 Å². The predicted octanol–water partition coefficient (Wildman–Crippen LogP) is -0.454. The number of hydrogen-bond acceptors (Lipinski definition) is 10. The summed E-state index contributed by atoms with van der Waals surface area (Å²) in [5.41, 5.74) is 6.62. The zero-order valence-corrected chi connectivity index (χ0v) is 18.9. The third-order valence-corrected chi connectivity index (χ3v) is 4.29. The molecule has 1 aromatic heterocycles. The molecule has 1 aromatic carbocycles. The molecule has 1 fully saturated rings. The Morgan fingerprint density at radius 3 is 2.71 bits per heavy atom. The van der Waals surface area contributed by atoms with Gasteiger partial charge in [-0.2, -0.15) is 5.26 Å². The van der Waals surface area contributed by atoms with E-state index in [2.05, 4.69) is 20.4 Å². The van der Waals surface area contributed by atoms with Crippen molar-refractivity contribution in [3.8, 4) is 6.07 Å². The normalized spacial score (nSPS) is 15.5. The van der Waals surface area contributed by atoms with Gasteiger partial charge < -0.3 is 25.6 Å². The van der Waals surface area contributed by atoms with E-state index in [1.807, 2.05) is 0 Å². The largest absolute Gasteiger partial charge is 0.394 e. The van der Waals surface area contributed by atoms with Gasteiger partial charge in [0.1, 0.15) is 35.2 Å². The van der Waals surface area contributed by atoms with Crippen LogP contribution < -0.4 is 16.9 Å². The van der Waals surface area contributed by atoms with Gasteiger partial charge in [-0.1, -0.05) is 6.07 Å². The number of amides is 1. The molecule has 0 aliphatic carbocycles. The molecule has 34 heavy (non-hydrogen) atoms. The van der Waals surface area contributed by atoms with E-state index >= 15 is 0 Å². The van der Waals surface area contributed by atoms with E-state index in [1.54, 1.807) is 13.0 Å². The van der Waals surface area contributed by atoms with Crippen LogP contribution in [0.2, 0.25) is 0 Å². The number of aliphatic hydroxyl groups excluding tert-OH is 1. The van der Waals surface area contributed by atoms with Crippen molar-refractivity contribution in [2.24, 2.45) is 16.7 Å². The van der Waals surface area contributed by atoms with Crippen molar-refractivity contribution >= 4 is 11.7 Å². The fraction of sp³-hybridized carbons (Fsp3) is 0.381. The summed E-state index contributed by atoms with van der Waals surface area (Å²) in [5.74, 6) is 4.68. The molecule has 2 heterocycles. The average Bonchev–Trinajstić information content (AvgIpc) is 2.83. The highest BCUT2D eigenvalue weighted by Crippen LogP contribution is 2.10. The number of nitrogens with two attached hydrogens (primary N) is 2. The number of amidine groups is 1. The van der Waals surface area contributed by atoms with E-state index < -0.39 is 11.7 Å². The molecule has 0 radical (unpaired) electrons. The molecule has 1 amide bonds. The lowest BCUT2D eigenvalue weighted by Gasteiger charge is -2.20. The van der Waals surface area contributed by atoms with E-state index in [4.69, 9.17) is 31.4 Å². The molecule has 0 spiro atoms. The van der Waals surface area contributed by atoms with Crippen molar-refractivity contribution in [2.45, 2.75) is 19.6 Å². The van der Waals surface area contributed by atoms with Crippen LogP contribution in [0.1, 0.15) is 33.1 Å². The highest BCUT2D eigenvalue weighted by Gasteiger charge is 2.13. The molecule has 0 bridgehead atoms. The number of hydrogen-bond donors (Lipinski definition) is 4. The second-order valence-electron chi connectivity index (χ2n) is 7.10. The maximum atomic E-state index is 13.3. The van der Waals surface area contributed by atoms with E-state index in [0.29, 0.717) is 31.2 Å². The second kappa shape index (κ2) is 13.1. The molecule has 0 saturated carbocycles. The Bertz CT molecular complexity index is 1050. The minimum atomic E-state index is -0.613. The van der Waals surface area contributed by atoms with E-state index in [1.165, 1.54) is 31.3 Å². The van der Waals surface area contributed by atoms with E-state index in [9.17, 15) is 9.18 Å². The summed E-state index contributed by atoms with van der Waals surface area (Å²) in [7, 11) is 1.49. The molecule has 0 unspecified atom stereocenters. The van der Waals surface area contributed by atoms with Crippen LogP contribution in [0.3, 0.4) is 0 Å². The molecular weight excluding hydrogens is 447 g/mol. The fourth-order valence-corrected chi connectivity index (χ4v) is 2.72. The number of benzene rings is 1. The molecule has 1 atom stereocenters. The molecular formula is C21H27FN8O4. The van der Waals surface area contributed by atoms with Crippen LogP contribution in [0, 0.1) is 24.1 Å². The fourth-order valence-electron chi connectivity index (χ4n) is 2.72. The lowest BCUT2D eigenvalue weighted by atomic mass is 10.1. The smallest absolute Gasteiger partial charge is 0.270 e. The van der Waals surface area contributed by atoms with E-state index in [0.717, 1.165) is 5.12 Å². The van der Waals surface area contributed by atoms with Gasteiger partial charge in [-0.15, -0.1) is 5.10 Å². The Kier molecular flexibility index (Phi) is 10.2. The monoisotopic (exact) mass is 474 g/mol. The molecule has 1 saturated heterocycles. The number of ether oxygens (including phenoxy) is 2. The number of halogens is 1. The lowest BCUT2D eigenvalue weighted by molar-refractivity contribution is -0.105. The Hall–Kier alpha value is -3.70. The van der Waals surface area contributed by atoms with Gasteiger partial charge in [0.25, 0.3) is 5.91 Å². The molecule has 1 aliphatic heterocycles. The highest BCUT2D eigenvalue weighted by atomic mass is 19.1. The van der Waals surface area contributed by atoms with Crippen molar-refractivity contribution in [2.75, 3.05) is 33.5 Å². The molecule has 6 N–H and O–H groups in total. The minimum absolute atomic E-state index is 0.0340. The van der Waals surface area contributed by atoms with Gasteiger partial charge in [0, 0.05) is 13.6 Å². The van der Waals surface area contributed by atoms with Crippen LogP contribution in [0.4, 0.5) is 4.39 Å². The summed E-state index contributed by atoms with van der Waals surface area (Å²) >= 11 is 0. The second-order valence-corrected chi connectivity index (χ2v) is 7.10. The molecule has 12 nitrogen and oxygen atoms in total. The molecule has 1 aliphatic rings. The maximum absolute atomic E-state index is 13.3. The topological polar surface area (TPSA) is 185 Å². The van der Waals surface area contributed by atoms with Crippen LogP contribution in [0.5, 0.6) is 0 Å². The number of nitriles is 1. The number of hydrazine groups is 1. The summed E-state index contributed by atoms with van der Waals surface area (Å²) in [5, 5.41) is 24.8. The number of aryl methyl sites for hydroxylation is 1. The Balaban J connectivity index is 0.000000430. The van der Waals surface area contributed by atoms with Crippen LogP contribution in [0.15, 0.2) is 29.4 Å². The first-order valence-corrected chi connectivity index (χ1v) is 10.2. The zero-order chi connectivity index (χ0) is 25.1. The SMILES string of the molecule is Cc1nc(C(=O)NCc2ccc(F)c(C#N)c2)cc(/C(N)=N/N(C)N)n1.OC[C@@H]1COCCO1. The lowest BCUT2D eigenvalue weighted by Crippen LogP contribution is -2.31. The summed E-state index contributed by atoms with van der Waals surface area (Å²) in [4.78, 5) is 20.5. The maximum Gasteiger partial charge on any atom is 0.270 e. The third kappa shape index (κ3) is 8.34. The summed E-state index contributed by atoms with van der Waals surface area (Å²) in [6.07, 6.45) is -0.0799. The van der Waals surface area contributed by atoms with Crippen molar-refractivity contribution in [1.29, 1.82) is 5.26 Å². The number of hydrazone groups is 1. The van der Waals surface area contributed by atoms with Gasteiger partial charge in [0.15, 0.2) is 5.84 Å². The number of nitrogens with zero attached hydrogens (tertiary/aromatic N) is 5. The Morgan fingerprint density at radius 2 is 2.12 bits per heavy atom. The Labute approximate surface area is 196 Å². The first kappa shape index (κ1) is 26.6. The van der Waals surface area contributed by atoms with Crippen LogP contribution in [-0.2, 0) is 16.0 Å². The minimum Gasteiger partial charge on any atom is -0.394 e. The van der Waals surface area contributed by atoms with E-state index in [-0.39, 0.29) is 42.0 Å².